The Morgan fingerprint density at radius 1 is 1.44 bits per heavy atom. The monoisotopic (exact) mass is 372 g/mol. The zero-order chi connectivity index (χ0) is 19.6. The van der Waals surface area contributed by atoms with Crippen molar-refractivity contribution in [2.24, 2.45) is 17.6 Å². The fourth-order valence-corrected chi connectivity index (χ4v) is 3.29. The van der Waals surface area contributed by atoms with Crippen LogP contribution in [0.2, 0.25) is 0 Å². The highest BCUT2D eigenvalue weighted by Gasteiger charge is 2.36. The van der Waals surface area contributed by atoms with Crippen molar-refractivity contribution in [1.29, 1.82) is 5.26 Å². The molecule has 10 heteroatoms. The zero-order valence-electron chi connectivity index (χ0n) is 14.2. The summed E-state index contributed by atoms with van der Waals surface area (Å²) in [7, 11) is 0. The van der Waals surface area contributed by atoms with Crippen molar-refractivity contribution in [3.05, 3.63) is 36.0 Å². The quantitative estimate of drug-likeness (QED) is 0.678. The van der Waals surface area contributed by atoms with Gasteiger partial charge < -0.3 is 16.2 Å². The Morgan fingerprint density at radius 3 is 2.85 bits per heavy atom. The number of nitrogens with one attached hydrogen (secondary N) is 1. The Balaban J connectivity index is 1.89. The Hall–Kier alpha value is -3.48. The third-order valence-corrected chi connectivity index (χ3v) is 4.66. The first kappa shape index (κ1) is 18.3. The number of anilines is 2. The van der Waals surface area contributed by atoms with E-state index in [0.29, 0.717) is 18.5 Å². The van der Waals surface area contributed by atoms with Crippen molar-refractivity contribution < 1.29 is 19.1 Å². The predicted octanol–water partition coefficient (Wildman–Crippen LogP) is 1.83. The van der Waals surface area contributed by atoms with E-state index in [2.05, 4.69) is 21.5 Å². The molecule has 2 heterocycles. The standard InChI is InChI=1S/C17H17FN6O3/c18-14-6-11(3-4-21-14)22-16-12(15(20)25)8-24(23-16)13-2-1-9(17(26)27)5-10(13)7-19/h3-4,6,8-10,13H,1-2,5H2,(H2,20,25)(H,26,27)(H,21,22,23)/t9-,10+,13-/m1/s1. The number of halogens is 1. The fourth-order valence-electron chi connectivity index (χ4n) is 3.29. The summed E-state index contributed by atoms with van der Waals surface area (Å²) in [6.07, 6.45) is 3.73. The molecule has 0 bridgehead atoms. The number of aliphatic carboxylic acids is 1. The van der Waals surface area contributed by atoms with Gasteiger partial charge in [0.05, 0.1) is 23.9 Å². The summed E-state index contributed by atoms with van der Waals surface area (Å²) in [5.41, 5.74) is 5.83. The summed E-state index contributed by atoms with van der Waals surface area (Å²) in [5.74, 6) is -3.36. The molecular formula is C17H17FN6O3. The number of primary amides is 1. The lowest BCUT2D eigenvalue weighted by Crippen LogP contribution is -2.30. The van der Waals surface area contributed by atoms with Gasteiger partial charge in [0.25, 0.3) is 5.91 Å². The molecular weight excluding hydrogens is 355 g/mol. The number of hydrogen-bond acceptors (Lipinski definition) is 6. The smallest absolute Gasteiger partial charge is 0.306 e. The van der Waals surface area contributed by atoms with Gasteiger partial charge in [0, 0.05) is 24.1 Å². The number of aromatic nitrogens is 3. The molecule has 4 N–H and O–H groups in total. The fraction of sp³-hybridized carbons (Fsp3) is 0.353. The van der Waals surface area contributed by atoms with Crippen LogP contribution in [0.3, 0.4) is 0 Å². The molecule has 0 radical (unpaired) electrons. The predicted molar refractivity (Wildman–Crippen MR) is 91.3 cm³/mol. The Kier molecular flexibility index (Phi) is 5.03. The lowest BCUT2D eigenvalue weighted by molar-refractivity contribution is -0.143. The summed E-state index contributed by atoms with van der Waals surface area (Å²) in [5, 5.41) is 25.7. The first-order valence-electron chi connectivity index (χ1n) is 8.29. The van der Waals surface area contributed by atoms with E-state index in [4.69, 9.17) is 5.73 Å². The summed E-state index contributed by atoms with van der Waals surface area (Å²) in [4.78, 5) is 26.4. The zero-order valence-corrected chi connectivity index (χ0v) is 14.2. The summed E-state index contributed by atoms with van der Waals surface area (Å²) >= 11 is 0. The second kappa shape index (κ2) is 7.41. The van der Waals surface area contributed by atoms with Gasteiger partial charge in [-0.2, -0.15) is 14.8 Å². The van der Waals surface area contributed by atoms with Crippen LogP contribution < -0.4 is 11.1 Å². The summed E-state index contributed by atoms with van der Waals surface area (Å²) in [6, 6.07) is 4.39. The number of carboxylic acids is 1. The molecule has 2 aromatic heterocycles. The van der Waals surface area contributed by atoms with Gasteiger partial charge in [-0.05, 0) is 25.3 Å². The summed E-state index contributed by atoms with van der Waals surface area (Å²) in [6.45, 7) is 0. The third-order valence-electron chi connectivity index (χ3n) is 4.66. The Morgan fingerprint density at radius 2 is 2.22 bits per heavy atom. The molecule has 2 aromatic rings. The normalized spacial score (nSPS) is 22.0. The van der Waals surface area contributed by atoms with Crippen LogP contribution in [-0.4, -0.2) is 31.7 Å². The number of carboxylic acid groups (broad SMARTS) is 1. The number of rotatable bonds is 5. The van der Waals surface area contributed by atoms with Crippen molar-refractivity contribution >= 4 is 23.4 Å². The number of carbonyl (C=O) groups is 2. The molecule has 0 unspecified atom stereocenters. The van der Waals surface area contributed by atoms with Crippen LogP contribution in [0.4, 0.5) is 15.9 Å². The highest BCUT2D eigenvalue weighted by atomic mass is 19.1. The minimum absolute atomic E-state index is 0.0873. The molecule has 3 rings (SSSR count). The van der Waals surface area contributed by atoms with E-state index in [-0.39, 0.29) is 23.8 Å². The SMILES string of the molecule is N#C[C@@H]1C[C@H](C(=O)O)CC[C@H]1n1cc(C(N)=O)c(Nc2ccnc(F)c2)n1. The van der Waals surface area contributed by atoms with E-state index in [1.165, 1.54) is 23.1 Å². The first-order chi connectivity index (χ1) is 12.9. The Labute approximate surface area is 153 Å². The Bertz CT molecular complexity index is 922. The van der Waals surface area contributed by atoms with Crippen LogP contribution in [0.5, 0.6) is 0 Å². The molecule has 27 heavy (non-hydrogen) atoms. The van der Waals surface area contributed by atoms with Crippen LogP contribution in [0.1, 0.15) is 35.7 Å². The molecule has 1 aliphatic carbocycles. The third kappa shape index (κ3) is 3.87. The van der Waals surface area contributed by atoms with Crippen LogP contribution in [0, 0.1) is 29.1 Å². The van der Waals surface area contributed by atoms with Crippen molar-refractivity contribution in [2.45, 2.75) is 25.3 Å². The minimum Gasteiger partial charge on any atom is -0.481 e. The number of nitriles is 1. The maximum absolute atomic E-state index is 13.3. The minimum atomic E-state index is -0.922. The van der Waals surface area contributed by atoms with Crippen molar-refractivity contribution in [1.82, 2.24) is 14.8 Å². The van der Waals surface area contributed by atoms with E-state index in [1.54, 1.807) is 0 Å². The number of carbonyl (C=O) groups excluding carboxylic acids is 1. The molecule has 1 saturated carbocycles. The number of nitrogens with zero attached hydrogens (tertiary/aromatic N) is 4. The lowest BCUT2D eigenvalue weighted by Gasteiger charge is -2.30. The molecule has 0 aromatic carbocycles. The number of amides is 1. The number of pyridine rings is 1. The highest BCUT2D eigenvalue weighted by molar-refractivity contribution is 5.98. The van der Waals surface area contributed by atoms with Crippen LogP contribution in [0.15, 0.2) is 24.5 Å². The van der Waals surface area contributed by atoms with Gasteiger partial charge in [0.1, 0.15) is 5.56 Å². The van der Waals surface area contributed by atoms with Gasteiger partial charge in [-0.1, -0.05) is 0 Å². The van der Waals surface area contributed by atoms with E-state index in [1.807, 2.05) is 0 Å². The molecule has 1 amide bonds. The largest absolute Gasteiger partial charge is 0.481 e. The second-order valence-corrected chi connectivity index (χ2v) is 6.38. The van der Waals surface area contributed by atoms with E-state index in [9.17, 15) is 24.3 Å². The topological polar surface area (TPSA) is 147 Å². The van der Waals surface area contributed by atoms with Crippen molar-refractivity contribution in [2.75, 3.05) is 5.32 Å². The summed E-state index contributed by atoms with van der Waals surface area (Å²) < 4.78 is 14.7. The maximum atomic E-state index is 13.3. The first-order valence-corrected chi connectivity index (χ1v) is 8.29. The maximum Gasteiger partial charge on any atom is 0.306 e. The molecule has 0 spiro atoms. The average molecular weight is 372 g/mol. The van der Waals surface area contributed by atoms with Crippen molar-refractivity contribution in [3.63, 3.8) is 0 Å². The van der Waals surface area contributed by atoms with Crippen molar-refractivity contribution in [3.8, 4) is 6.07 Å². The van der Waals surface area contributed by atoms with E-state index in [0.717, 1.165) is 6.07 Å². The molecule has 140 valence electrons. The van der Waals surface area contributed by atoms with Gasteiger partial charge in [0.15, 0.2) is 5.82 Å². The molecule has 0 saturated heterocycles. The van der Waals surface area contributed by atoms with Gasteiger partial charge in [-0.3, -0.25) is 14.3 Å². The molecule has 9 nitrogen and oxygen atoms in total. The van der Waals surface area contributed by atoms with Gasteiger partial charge in [-0.15, -0.1) is 0 Å². The molecule has 1 fully saturated rings. The molecule has 0 aliphatic heterocycles. The van der Waals surface area contributed by atoms with Gasteiger partial charge >= 0.3 is 5.97 Å². The van der Waals surface area contributed by atoms with Gasteiger partial charge in [0.2, 0.25) is 5.95 Å². The number of hydrogen-bond donors (Lipinski definition) is 3. The second-order valence-electron chi connectivity index (χ2n) is 6.38. The average Bonchev–Trinajstić information content (AvgIpc) is 3.05. The molecule has 1 aliphatic rings. The highest BCUT2D eigenvalue weighted by Crippen LogP contribution is 2.37. The number of nitrogens with two attached hydrogens (primary N) is 1. The van der Waals surface area contributed by atoms with Crippen LogP contribution in [-0.2, 0) is 4.79 Å². The lowest BCUT2D eigenvalue weighted by atomic mass is 9.79. The van der Waals surface area contributed by atoms with E-state index >= 15 is 0 Å². The van der Waals surface area contributed by atoms with E-state index < -0.39 is 29.7 Å². The molecule has 3 atom stereocenters. The van der Waals surface area contributed by atoms with Crippen LogP contribution >= 0.6 is 0 Å². The van der Waals surface area contributed by atoms with Gasteiger partial charge in [-0.25, -0.2) is 4.98 Å². The van der Waals surface area contributed by atoms with Crippen LogP contribution in [0.25, 0.3) is 0 Å².